The van der Waals surface area contributed by atoms with Crippen molar-refractivity contribution in [2.75, 3.05) is 6.54 Å². The number of fused-ring (bicyclic) bond motifs is 5. The van der Waals surface area contributed by atoms with Crippen LogP contribution in [0.3, 0.4) is 0 Å². The van der Waals surface area contributed by atoms with E-state index in [9.17, 15) is 4.79 Å². The molecule has 5 rings (SSSR count). The number of aromatic nitrogens is 4. The van der Waals surface area contributed by atoms with E-state index in [1.807, 2.05) is 20.9 Å². The summed E-state index contributed by atoms with van der Waals surface area (Å²) in [5.41, 5.74) is 7.95. The van der Waals surface area contributed by atoms with Gasteiger partial charge >= 0.3 is 0 Å². The molecule has 23 heavy (non-hydrogen) atoms. The van der Waals surface area contributed by atoms with Crippen molar-refractivity contribution >= 4 is 17.2 Å². The molecule has 1 fully saturated rings. The third kappa shape index (κ3) is 1.63. The Morgan fingerprint density at radius 2 is 2.35 bits per heavy atom. The summed E-state index contributed by atoms with van der Waals surface area (Å²) in [6.45, 7) is 0.940. The highest BCUT2D eigenvalue weighted by molar-refractivity contribution is 7.12. The number of rotatable bonds is 2. The van der Waals surface area contributed by atoms with Gasteiger partial charge in [-0.25, -0.2) is 4.98 Å². The molecule has 0 bridgehead atoms. The minimum atomic E-state index is -0.00664. The first-order valence-electron chi connectivity index (χ1n) is 7.27. The van der Waals surface area contributed by atoms with Crippen LogP contribution in [0, 0.1) is 0 Å². The van der Waals surface area contributed by atoms with Gasteiger partial charge in [-0.05, 0) is 17.9 Å². The van der Waals surface area contributed by atoms with Gasteiger partial charge in [0.15, 0.2) is 5.69 Å². The molecule has 9 heteroatoms. The van der Waals surface area contributed by atoms with Crippen LogP contribution in [0.1, 0.15) is 33.7 Å². The van der Waals surface area contributed by atoms with Gasteiger partial charge in [0.25, 0.3) is 11.8 Å². The lowest BCUT2D eigenvalue weighted by Crippen LogP contribution is -2.44. The van der Waals surface area contributed by atoms with Gasteiger partial charge < -0.3 is 15.1 Å². The second kappa shape index (κ2) is 4.49. The first-order chi connectivity index (χ1) is 11.3. The Morgan fingerprint density at radius 3 is 3.09 bits per heavy atom. The maximum atomic E-state index is 12.7. The van der Waals surface area contributed by atoms with E-state index in [0.29, 0.717) is 17.5 Å². The Morgan fingerprint density at radius 1 is 1.43 bits per heavy atom. The summed E-state index contributed by atoms with van der Waals surface area (Å²) in [6.07, 6.45) is 2.62. The van der Waals surface area contributed by atoms with Gasteiger partial charge in [-0.2, -0.15) is 0 Å². The van der Waals surface area contributed by atoms with Crippen molar-refractivity contribution in [1.29, 1.82) is 0 Å². The first-order valence-corrected chi connectivity index (χ1v) is 8.15. The molecule has 116 valence electrons. The molecule has 1 saturated heterocycles. The lowest BCUT2D eigenvalue weighted by atomic mass is 9.98. The molecule has 1 amide bonds. The summed E-state index contributed by atoms with van der Waals surface area (Å²) >= 11 is 1.46. The van der Waals surface area contributed by atoms with Gasteiger partial charge in [-0.3, -0.25) is 9.36 Å². The average Bonchev–Trinajstić information content (AvgIpc) is 3.23. The van der Waals surface area contributed by atoms with E-state index in [-0.39, 0.29) is 18.5 Å². The molecule has 8 nitrogen and oxygen atoms in total. The molecule has 2 aliphatic heterocycles. The van der Waals surface area contributed by atoms with E-state index in [4.69, 9.17) is 10.2 Å². The molecular weight excluding hydrogens is 316 g/mol. The number of nitrogens with two attached hydrogens (primary N) is 1. The normalized spacial score (nSPS) is 18.9. The minimum absolute atomic E-state index is 0.00664. The monoisotopic (exact) mass is 328 g/mol. The Balaban J connectivity index is 1.74. The quantitative estimate of drug-likeness (QED) is 0.761. The molecule has 3 aromatic heterocycles. The molecule has 0 unspecified atom stereocenters. The molecule has 1 atom stereocenters. The predicted octanol–water partition coefficient (Wildman–Crippen LogP) is 1.34. The molecule has 0 spiro atoms. The van der Waals surface area contributed by atoms with Crippen LogP contribution in [0.4, 0.5) is 0 Å². The second-order valence-corrected chi connectivity index (χ2v) is 6.41. The summed E-state index contributed by atoms with van der Waals surface area (Å²) in [5, 5.41) is 9.87. The van der Waals surface area contributed by atoms with Crippen LogP contribution in [0.15, 0.2) is 22.2 Å². The number of hydrogen-bond donors (Lipinski definition) is 1. The molecule has 0 aliphatic carbocycles. The third-order valence-corrected chi connectivity index (χ3v) is 5.23. The fourth-order valence-corrected chi connectivity index (χ4v) is 4.00. The Bertz CT molecular complexity index is 925. The van der Waals surface area contributed by atoms with Crippen LogP contribution in [0.5, 0.6) is 0 Å². The topological polar surface area (TPSA) is 103 Å². The largest absolute Gasteiger partial charge is 0.418 e. The molecule has 2 aliphatic rings. The molecule has 5 heterocycles. The Hall–Kier alpha value is -2.52. The van der Waals surface area contributed by atoms with E-state index in [2.05, 4.69) is 15.2 Å². The zero-order valence-corrected chi connectivity index (χ0v) is 12.8. The van der Waals surface area contributed by atoms with Crippen molar-refractivity contribution < 1.29 is 9.21 Å². The van der Waals surface area contributed by atoms with Gasteiger partial charge in [0, 0.05) is 6.54 Å². The summed E-state index contributed by atoms with van der Waals surface area (Å²) in [4.78, 5) is 19.7. The molecule has 2 N–H and O–H groups in total. The third-order valence-electron chi connectivity index (χ3n) is 4.34. The molecule has 0 radical (unpaired) electrons. The predicted molar refractivity (Wildman–Crippen MR) is 81.0 cm³/mol. The highest BCUT2D eigenvalue weighted by Crippen LogP contribution is 2.44. The van der Waals surface area contributed by atoms with Crippen LogP contribution in [-0.4, -0.2) is 37.1 Å². The van der Waals surface area contributed by atoms with E-state index in [1.165, 1.54) is 11.3 Å². The number of hydrogen-bond acceptors (Lipinski definition) is 7. The summed E-state index contributed by atoms with van der Waals surface area (Å²) in [7, 11) is 0. The standard InChI is InChI=1S/C14H12N6O2S/c15-5-9-17-18-13(22-9)10-11-7-1-3-19(7)14(21)12-8(2-4-23-12)20(11)6-16-10/h2,4,6-7H,1,3,5,15H2/t7-/m0/s1. The van der Waals surface area contributed by atoms with Gasteiger partial charge in [0.1, 0.15) is 11.2 Å². The number of amides is 1. The average molecular weight is 328 g/mol. The number of carbonyl (C=O) groups is 1. The van der Waals surface area contributed by atoms with Gasteiger partial charge in [-0.1, -0.05) is 0 Å². The number of thiophene rings is 1. The van der Waals surface area contributed by atoms with Crippen molar-refractivity contribution in [2.45, 2.75) is 19.0 Å². The molecular formula is C14H12N6O2S. The lowest BCUT2D eigenvalue weighted by molar-refractivity contribution is 0.0466. The Kier molecular flexibility index (Phi) is 2.53. The van der Waals surface area contributed by atoms with Gasteiger partial charge in [0.05, 0.1) is 24.0 Å². The fourth-order valence-electron chi connectivity index (χ4n) is 3.16. The second-order valence-electron chi connectivity index (χ2n) is 5.49. The number of imidazole rings is 1. The van der Waals surface area contributed by atoms with E-state index >= 15 is 0 Å². The SMILES string of the molecule is NCc1nnc(-c2ncn3c2[C@@H]2CCN2C(=O)c2sccc2-3)o1. The van der Waals surface area contributed by atoms with E-state index in [1.54, 1.807) is 6.33 Å². The van der Waals surface area contributed by atoms with E-state index < -0.39 is 0 Å². The van der Waals surface area contributed by atoms with Crippen molar-refractivity contribution in [3.05, 3.63) is 34.2 Å². The summed E-state index contributed by atoms with van der Waals surface area (Å²) in [6, 6.07) is 1.94. The minimum Gasteiger partial charge on any atom is -0.418 e. The summed E-state index contributed by atoms with van der Waals surface area (Å²) < 4.78 is 7.53. The Labute approximate surface area is 134 Å². The number of nitrogens with zero attached hydrogens (tertiary/aromatic N) is 5. The zero-order valence-electron chi connectivity index (χ0n) is 12.0. The maximum absolute atomic E-state index is 12.7. The van der Waals surface area contributed by atoms with Crippen molar-refractivity contribution in [2.24, 2.45) is 5.73 Å². The smallest absolute Gasteiger partial charge is 0.268 e. The lowest BCUT2D eigenvalue weighted by Gasteiger charge is -2.39. The van der Waals surface area contributed by atoms with Gasteiger partial charge in [-0.15, -0.1) is 21.5 Å². The number of carbonyl (C=O) groups excluding carboxylic acids is 1. The molecule has 0 saturated carbocycles. The fraction of sp³-hybridized carbons (Fsp3) is 0.286. The maximum Gasteiger partial charge on any atom is 0.268 e. The zero-order chi connectivity index (χ0) is 15.6. The van der Waals surface area contributed by atoms with Crippen molar-refractivity contribution in [3.63, 3.8) is 0 Å². The van der Waals surface area contributed by atoms with Crippen molar-refractivity contribution in [3.8, 4) is 17.3 Å². The van der Waals surface area contributed by atoms with Crippen LogP contribution < -0.4 is 5.73 Å². The highest BCUT2D eigenvalue weighted by Gasteiger charge is 2.42. The van der Waals surface area contributed by atoms with E-state index in [0.717, 1.165) is 29.2 Å². The van der Waals surface area contributed by atoms with Crippen LogP contribution >= 0.6 is 11.3 Å². The van der Waals surface area contributed by atoms with Crippen molar-refractivity contribution in [1.82, 2.24) is 24.6 Å². The highest BCUT2D eigenvalue weighted by atomic mass is 32.1. The molecule has 3 aromatic rings. The van der Waals surface area contributed by atoms with Crippen LogP contribution in [-0.2, 0) is 6.54 Å². The van der Waals surface area contributed by atoms with Crippen LogP contribution in [0.25, 0.3) is 17.3 Å². The summed E-state index contributed by atoms with van der Waals surface area (Å²) in [5.74, 6) is 0.791. The molecule has 0 aromatic carbocycles. The van der Waals surface area contributed by atoms with Crippen LogP contribution in [0.2, 0.25) is 0 Å². The first kappa shape index (κ1) is 13.0. The van der Waals surface area contributed by atoms with Gasteiger partial charge in [0.2, 0.25) is 5.89 Å².